The summed E-state index contributed by atoms with van der Waals surface area (Å²) in [5, 5.41) is 11.6. The molecule has 1 amide bonds. The topological polar surface area (TPSA) is 52.9 Å². The van der Waals surface area contributed by atoms with Gasteiger partial charge in [-0.2, -0.15) is 5.26 Å². The molecule has 0 heterocycles. The Labute approximate surface area is 128 Å². The molecule has 0 aromatic heterocycles. The Balaban J connectivity index is 2.28. The highest BCUT2D eigenvalue weighted by Crippen LogP contribution is 2.17. The minimum Gasteiger partial charge on any atom is -0.319 e. The molecule has 0 spiro atoms. The number of para-hydroxylation sites is 1. The minimum atomic E-state index is -0.632. The molecule has 0 saturated heterocycles. The maximum atomic E-state index is 13.5. The lowest BCUT2D eigenvalue weighted by Crippen LogP contribution is -2.14. The fourth-order valence-electron chi connectivity index (χ4n) is 2.04. The molecule has 0 aliphatic carbocycles. The van der Waals surface area contributed by atoms with Crippen LogP contribution in [0.4, 0.5) is 10.1 Å². The van der Waals surface area contributed by atoms with Gasteiger partial charge in [-0.05, 0) is 43.2 Å². The third-order valence-electron chi connectivity index (χ3n) is 3.21. The third-order valence-corrected chi connectivity index (χ3v) is 3.21. The highest BCUT2D eigenvalue weighted by atomic mass is 19.1. The van der Waals surface area contributed by atoms with Crippen LogP contribution in [0.3, 0.4) is 0 Å². The average molecular weight is 294 g/mol. The van der Waals surface area contributed by atoms with E-state index in [4.69, 9.17) is 0 Å². The predicted octanol–water partition coefficient (Wildman–Crippen LogP) is 3.99. The Morgan fingerprint density at radius 1 is 1.23 bits per heavy atom. The van der Waals surface area contributed by atoms with Crippen LogP contribution in [0.5, 0.6) is 0 Å². The molecular weight excluding hydrogens is 279 g/mol. The molecule has 0 unspecified atom stereocenters. The van der Waals surface area contributed by atoms with E-state index in [9.17, 15) is 14.4 Å². The predicted molar refractivity (Wildman–Crippen MR) is 84.5 cm³/mol. The molecule has 3 nitrogen and oxygen atoms in total. The summed E-state index contributed by atoms with van der Waals surface area (Å²) in [5.74, 6) is -1.17. The van der Waals surface area contributed by atoms with Crippen LogP contribution >= 0.6 is 0 Å². The fraction of sp³-hybridized carbons (Fsp3) is 0.111. The van der Waals surface area contributed by atoms with Crippen LogP contribution in [-0.4, -0.2) is 5.91 Å². The number of benzene rings is 2. The zero-order chi connectivity index (χ0) is 16.1. The van der Waals surface area contributed by atoms with E-state index in [1.807, 2.05) is 38.1 Å². The zero-order valence-electron chi connectivity index (χ0n) is 12.4. The second kappa shape index (κ2) is 6.68. The lowest BCUT2D eigenvalue weighted by Gasteiger charge is -2.06. The molecule has 4 heteroatoms. The number of nitrogens with zero attached hydrogens (tertiary/aromatic N) is 1. The van der Waals surface area contributed by atoms with Gasteiger partial charge in [-0.25, -0.2) is 4.39 Å². The van der Waals surface area contributed by atoms with Gasteiger partial charge in [0.2, 0.25) is 0 Å². The van der Waals surface area contributed by atoms with Gasteiger partial charge in [-0.3, -0.25) is 4.79 Å². The molecule has 0 atom stereocenters. The second-order valence-electron chi connectivity index (χ2n) is 4.96. The summed E-state index contributed by atoms with van der Waals surface area (Å²) >= 11 is 0. The summed E-state index contributed by atoms with van der Waals surface area (Å²) in [7, 11) is 0. The fourth-order valence-corrected chi connectivity index (χ4v) is 2.04. The number of rotatable bonds is 3. The lowest BCUT2D eigenvalue weighted by atomic mass is 10.0. The third kappa shape index (κ3) is 3.58. The summed E-state index contributed by atoms with van der Waals surface area (Å²) in [4.78, 5) is 12.1. The molecule has 2 rings (SSSR count). The van der Waals surface area contributed by atoms with E-state index in [-0.39, 0.29) is 11.3 Å². The highest BCUT2D eigenvalue weighted by Gasteiger charge is 2.12. The summed E-state index contributed by atoms with van der Waals surface area (Å²) in [6.07, 6.45) is 1.50. The minimum absolute atomic E-state index is 0.0503. The molecule has 22 heavy (non-hydrogen) atoms. The molecule has 0 aliphatic heterocycles. The van der Waals surface area contributed by atoms with Gasteiger partial charge in [0, 0.05) is 0 Å². The van der Waals surface area contributed by atoms with Crippen LogP contribution in [0.1, 0.15) is 16.7 Å². The molecule has 0 saturated carbocycles. The van der Waals surface area contributed by atoms with Crippen molar-refractivity contribution >= 4 is 17.7 Å². The first kappa shape index (κ1) is 15.5. The maximum Gasteiger partial charge on any atom is 0.266 e. The number of carbonyl (C=O) groups excluding carboxylic acids is 1. The van der Waals surface area contributed by atoms with Gasteiger partial charge in [0.05, 0.1) is 5.69 Å². The molecule has 110 valence electrons. The molecule has 1 N–H and O–H groups in total. The van der Waals surface area contributed by atoms with E-state index in [1.165, 1.54) is 24.3 Å². The first-order valence-electron chi connectivity index (χ1n) is 6.76. The number of aryl methyl sites for hydroxylation is 2. The quantitative estimate of drug-likeness (QED) is 0.687. The van der Waals surface area contributed by atoms with Crippen LogP contribution in [-0.2, 0) is 4.79 Å². The van der Waals surface area contributed by atoms with Gasteiger partial charge in [0.1, 0.15) is 17.5 Å². The maximum absolute atomic E-state index is 13.5. The molecule has 0 aliphatic rings. The van der Waals surface area contributed by atoms with E-state index in [1.54, 1.807) is 6.07 Å². The molecular formula is C18H15FN2O. The van der Waals surface area contributed by atoms with Crippen molar-refractivity contribution in [2.24, 2.45) is 0 Å². The van der Waals surface area contributed by atoms with Gasteiger partial charge >= 0.3 is 0 Å². The van der Waals surface area contributed by atoms with E-state index >= 15 is 0 Å². The van der Waals surface area contributed by atoms with E-state index in [2.05, 4.69) is 5.32 Å². The first-order chi connectivity index (χ1) is 10.5. The molecule has 2 aromatic rings. The standard InChI is InChI=1S/C18H15FN2O/c1-12-7-8-14(13(2)9-12)10-15(11-20)18(22)21-17-6-4-3-5-16(17)19/h3-10H,1-2H3,(H,21,22)/b15-10+. The van der Waals surface area contributed by atoms with Gasteiger partial charge in [-0.1, -0.05) is 35.9 Å². The van der Waals surface area contributed by atoms with Crippen LogP contribution < -0.4 is 5.32 Å². The van der Waals surface area contributed by atoms with Crippen molar-refractivity contribution < 1.29 is 9.18 Å². The summed E-state index contributed by atoms with van der Waals surface area (Å²) < 4.78 is 13.5. The smallest absolute Gasteiger partial charge is 0.266 e. The lowest BCUT2D eigenvalue weighted by molar-refractivity contribution is -0.112. The Morgan fingerprint density at radius 3 is 2.59 bits per heavy atom. The SMILES string of the molecule is Cc1ccc(/C=C(\C#N)C(=O)Nc2ccccc2F)c(C)c1. The number of carbonyl (C=O) groups is 1. The number of nitrogens with one attached hydrogen (secondary N) is 1. The first-order valence-corrected chi connectivity index (χ1v) is 6.76. The van der Waals surface area contributed by atoms with Gasteiger partial charge in [0.15, 0.2) is 0 Å². The van der Waals surface area contributed by atoms with Gasteiger partial charge < -0.3 is 5.32 Å². The Morgan fingerprint density at radius 2 is 1.95 bits per heavy atom. The normalized spacial score (nSPS) is 10.9. The monoisotopic (exact) mass is 294 g/mol. The van der Waals surface area contributed by atoms with Crippen molar-refractivity contribution in [3.8, 4) is 6.07 Å². The van der Waals surface area contributed by atoms with Crippen molar-refractivity contribution in [2.75, 3.05) is 5.32 Å². The summed E-state index contributed by atoms with van der Waals surface area (Å²) in [6.45, 7) is 3.87. The Hall–Kier alpha value is -2.93. The van der Waals surface area contributed by atoms with Crippen molar-refractivity contribution in [2.45, 2.75) is 13.8 Å². The van der Waals surface area contributed by atoms with Crippen LogP contribution in [0.15, 0.2) is 48.0 Å². The highest BCUT2D eigenvalue weighted by molar-refractivity contribution is 6.09. The number of hydrogen-bond donors (Lipinski definition) is 1. The van der Waals surface area contributed by atoms with Crippen molar-refractivity contribution in [3.05, 3.63) is 70.5 Å². The number of halogens is 1. The van der Waals surface area contributed by atoms with Crippen LogP contribution in [0.2, 0.25) is 0 Å². The number of anilines is 1. The molecule has 2 aromatic carbocycles. The molecule has 0 bridgehead atoms. The largest absolute Gasteiger partial charge is 0.319 e. The zero-order valence-corrected chi connectivity index (χ0v) is 12.4. The van der Waals surface area contributed by atoms with Crippen molar-refractivity contribution in [1.29, 1.82) is 5.26 Å². The van der Waals surface area contributed by atoms with E-state index in [0.717, 1.165) is 16.7 Å². The molecule has 0 radical (unpaired) electrons. The van der Waals surface area contributed by atoms with Crippen LogP contribution in [0, 0.1) is 31.0 Å². The number of nitriles is 1. The van der Waals surface area contributed by atoms with E-state index < -0.39 is 11.7 Å². The van der Waals surface area contributed by atoms with Gasteiger partial charge in [-0.15, -0.1) is 0 Å². The molecule has 0 fully saturated rings. The van der Waals surface area contributed by atoms with Crippen LogP contribution in [0.25, 0.3) is 6.08 Å². The Kier molecular flexibility index (Phi) is 4.70. The summed E-state index contributed by atoms with van der Waals surface area (Å²) in [6, 6.07) is 13.4. The number of amides is 1. The number of hydrogen-bond acceptors (Lipinski definition) is 2. The van der Waals surface area contributed by atoms with Gasteiger partial charge in [0.25, 0.3) is 5.91 Å². The summed E-state index contributed by atoms with van der Waals surface area (Å²) in [5.41, 5.74) is 2.82. The average Bonchev–Trinajstić information content (AvgIpc) is 2.49. The Bertz CT molecular complexity index is 788. The van der Waals surface area contributed by atoms with E-state index in [0.29, 0.717) is 0 Å². The second-order valence-corrected chi connectivity index (χ2v) is 4.96. The van der Waals surface area contributed by atoms with Crippen molar-refractivity contribution in [3.63, 3.8) is 0 Å². The van der Waals surface area contributed by atoms with Crippen molar-refractivity contribution in [1.82, 2.24) is 0 Å².